The molecular weight excluding hydrogens is 430 g/mol. The van der Waals surface area contributed by atoms with Gasteiger partial charge in [-0.15, -0.1) is 0 Å². The van der Waals surface area contributed by atoms with Crippen molar-refractivity contribution in [1.29, 1.82) is 0 Å². The number of nitrogens with zero attached hydrogens (tertiary/aromatic N) is 6. The van der Waals surface area contributed by atoms with Gasteiger partial charge in [0.05, 0.1) is 19.0 Å². The molecule has 1 amide bonds. The predicted molar refractivity (Wildman–Crippen MR) is 118 cm³/mol. The van der Waals surface area contributed by atoms with Gasteiger partial charge in [-0.1, -0.05) is 0 Å². The molecule has 0 radical (unpaired) electrons. The summed E-state index contributed by atoms with van der Waals surface area (Å²) >= 11 is 0. The Labute approximate surface area is 191 Å². The van der Waals surface area contributed by atoms with Crippen molar-refractivity contribution in [3.63, 3.8) is 0 Å². The molecule has 1 aliphatic carbocycles. The zero-order valence-electron chi connectivity index (χ0n) is 18.7. The first-order chi connectivity index (χ1) is 16.0. The zero-order valence-corrected chi connectivity index (χ0v) is 18.7. The van der Waals surface area contributed by atoms with Crippen molar-refractivity contribution in [1.82, 2.24) is 24.8 Å². The molecule has 10 heteroatoms. The molecule has 1 saturated carbocycles. The average molecular weight is 459 g/mol. The predicted octanol–water partition coefficient (Wildman–Crippen LogP) is 2.95. The Hall–Kier alpha value is -2.88. The van der Waals surface area contributed by atoms with Gasteiger partial charge in [-0.05, 0) is 32.3 Å². The molecule has 3 aliphatic rings. The number of halogens is 2. The van der Waals surface area contributed by atoms with Crippen LogP contribution in [0, 0.1) is 17.0 Å². The fraction of sp³-hybridized carbons (Fsp3) is 0.565. The first kappa shape index (κ1) is 21.9. The second-order valence-corrected chi connectivity index (χ2v) is 9.22. The molecule has 0 bridgehead atoms. The van der Waals surface area contributed by atoms with Gasteiger partial charge in [0.15, 0.2) is 5.82 Å². The summed E-state index contributed by atoms with van der Waals surface area (Å²) in [4.78, 5) is 30.3. The topological polar surface area (TPSA) is 74.7 Å². The first-order valence-electron chi connectivity index (χ1n) is 11.5. The van der Waals surface area contributed by atoms with E-state index in [1.54, 1.807) is 4.90 Å². The van der Waals surface area contributed by atoms with Crippen LogP contribution in [0.1, 0.15) is 26.2 Å². The summed E-state index contributed by atoms with van der Waals surface area (Å²) in [6.07, 6.45) is 6.64. The maximum atomic E-state index is 14.3. The lowest BCUT2D eigenvalue weighted by molar-refractivity contribution is -0.00294. The van der Waals surface area contributed by atoms with Crippen molar-refractivity contribution in [2.45, 2.75) is 32.2 Å². The molecule has 8 nitrogen and oxygen atoms in total. The lowest BCUT2D eigenvalue weighted by atomic mass is 9.78. The molecule has 2 aliphatic heterocycles. The zero-order chi connectivity index (χ0) is 23.0. The summed E-state index contributed by atoms with van der Waals surface area (Å²) in [5.41, 5.74) is 0.630. The number of aromatic nitrogens is 3. The Bertz CT molecular complexity index is 1020. The van der Waals surface area contributed by atoms with Crippen molar-refractivity contribution in [3.05, 3.63) is 36.4 Å². The number of hydrogen-bond acceptors (Lipinski definition) is 7. The van der Waals surface area contributed by atoms with Crippen LogP contribution in [-0.4, -0.2) is 82.8 Å². The number of amides is 1. The molecule has 2 saturated heterocycles. The molecule has 2 aromatic rings. The molecule has 1 atom stereocenters. The summed E-state index contributed by atoms with van der Waals surface area (Å²) < 4.78 is 33.4. The minimum atomic E-state index is -0.599. The van der Waals surface area contributed by atoms with E-state index in [1.165, 1.54) is 12.4 Å². The van der Waals surface area contributed by atoms with Crippen molar-refractivity contribution in [3.8, 4) is 11.3 Å². The van der Waals surface area contributed by atoms with E-state index in [0.717, 1.165) is 70.9 Å². The van der Waals surface area contributed by atoms with Crippen LogP contribution >= 0.6 is 0 Å². The fourth-order valence-corrected chi connectivity index (χ4v) is 5.55. The van der Waals surface area contributed by atoms with Gasteiger partial charge in [-0.2, -0.15) is 0 Å². The highest BCUT2D eigenvalue weighted by Crippen LogP contribution is 2.47. The molecule has 0 aromatic carbocycles. The second-order valence-electron chi connectivity index (χ2n) is 9.22. The highest BCUT2D eigenvalue weighted by atomic mass is 19.1. The van der Waals surface area contributed by atoms with Crippen molar-refractivity contribution < 1.29 is 18.3 Å². The Kier molecular flexibility index (Phi) is 5.86. The summed E-state index contributed by atoms with van der Waals surface area (Å²) in [5.74, 6) is -0.585. The van der Waals surface area contributed by atoms with Gasteiger partial charge in [0.2, 0.25) is 0 Å². The maximum Gasteiger partial charge on any atom is 0.409 e. The molecule has 0 N–H and O–H groups in total. The van der Waals surface area contributed by atoms with E-state index in [4.69, 9.17) is 4.74 Å². The lowest BCUT2D eigenvalue weighted by Crippen LogP contribution is -2.58. The largest absolute Gasteiger partial charge is 0.450 e. The van der Waals surface area contributed by atoms with Crippen molar-refractivity contribution in [2.75, 3.05) is 50.8 Å². The molecular formula is C23H28F2N6O2. The minimum Gasteiger partial charge on any atom is -0.450 e. The number of carbonyl (C=O) groups is 1. The van der Waals surface area contributed by atoms with Gasteiger partial charge in [0.1, 0.15) is 23.7 Å². The summed E-state index contributed by atoms with van der Waals surface area (Å²) in [5, 5.41) is 0. The van der Waals surface area contributed by atoms with Crippen LogP contribution in [0.5, 0.6) is 0 Å². The molecule has 1 spiro atoms. The third kappa shape index (κ3) is 4.23. The number of hydrogen-bond donors (Lipinski definition) is 0. The third-order valence-corrected chi connectivity index (χ3v) is 7.14. The minimum absolute atomic E-state index is 0.0586. The highest BCUT2D eigenvalue weighted by molar-refractivity contribution is 5.73. The number of pyridine rings is 1. The Balaban J connectivity index is 1.22. The van der Waals surface area contributed by atoms with Gasteiger partial charge in [-0.25, -0.2) is 28.5 Å². The van der Waals surface area contributed by atoms with E-state index in [0.29, 0.717) is 24.0 Å². The van der Waals surface area contributed by atoms with E-state index in [2.05, 4.69) is 24.8 Å². The molecule has 33 heavy (non-hydrogen) atoms. The van der Waals surface area contributed by atoms with Crippen molar-refractivity contribution >= 4 is 11.9 Å². The smallest absolute Gasteiger partial charge is 0.409 e. The normalized spacial score (nSPS) is 22.5. The molecule has 3 fully saturated rings. The van der Waals surface area contributed by atoms with E-state index >= 15 is 0 Å². The van der Waals surface area contributed by atoms with E-state index in [-0.39, 0.29) is 17.2 Å². The van der Waals surface area contributed by atoms with Gasteiger partial charge >= 0.3 is 6.09 Å². The van der Waals surface area contributed by atoms with E-state index in [9.17, 15) is 13.6 Å². The number of ether oxygens (including phenoxy) is 1. The maximum absolute atomic E-state index is 14.3. The Morgan fingerprint density at radius 2 is 1.97 bits per heavy atom. The molecule has 176 valence electrons. The van der Waals surface area contributed by atoms with Gasteiger partial charge < -0.3 is 14.5 Å². The van der Waals surface area contributed by atoms with Crippen LogP contribution in [0.2, 0.25) is 0 Å². The standard InChI is InChI=1S/C23H28F2N6O2/c1-2-33-22(32)31-13-23(14-31)4-3-17(10-23)29-5-7-30(8-6-29)21-18(9-16(24)11-27-21)20-19(25)12-26-15-28-20/h9,11-12,15,17H,2-8,10,13-14H2,1H3/t17-/m1/s1. The molecule has 4 heterocycles. The molecule has 2 aromatic heterocycles. The average Bonchev–Trinajstić information content (AvgIpc) is 3.25. The summed E-state index contributed by atoms with van der Waals surface area (Å²) in [6.45, 7) is 6.95. The molecule has 5 rings (SSSR count). The van der Waals surface area contributed by atoms with E-state index in [1.807, 2.05) is 6.92 Å². The van der Waals surface area contributed by atoms with Crippen LogP contribution in [0.4, 0.5) is 19.4 Å². The number of carbonyl (C=O) groups excluding carboxylic acids is 1. The number of rotatable bonds is 4. The third-order valence-electron chi connectivity index (χ3n) is 7.14. The fourth-order valence-electron chi connectivity index (χ4n) is 5.55. The van der Waals surface area contributed by atoms with Crippen LogP contribution < -0.4 is 4.90 Å². The van der Waals surface area contributed by atoms with Crippen LogP contribution in [0.15, 0.2) is 24.8 Å². The quantitative estimate of drug-likeness (QED) is 0.697. The van der Waals surface area contributed by atoms with Crippen LogP contribution in [0.25, 0.3) is 11.3 Å². The second kappa shape index (κ2) is 8.81. The number of anilines is 1. The van der Waals surface area contributed by atoms with E-state index < -0.39 is 11.6 Å². The highest BCUT2D eigenvalue weighted by Gasteiger charge is 2.51. The molecule has 0 unspecified atom stereocenters. The summed E-state index contributed by atoms with van der Waals surface area (Å²) in [6, 6.07) is 1.78. The number of piperazine rings is 1. The Morgan fingerprint density at radius 3 is 2.70 bits per heavy atom. The number of likely N-dealkylation sites (tertiary alicyclic amines) is 1. The lowest BCUT2D eigenvalue weighted by Gasteiger charge is -2.48. The van der Waals surface area contributed by atoms with Crippen molar-refractivity contribution in [2.24, 2.45) is 5.41 Å². The van der Waals surface area contributed by atoms with Crippen LogP contribution in [0.3, 0.4) is 0 Å². The SMILES string of the molecule is CCOC(=O)N1CC2(CC[C@@H](N3CCN(c4ncc(F)cc4-c4ncncc4F)CC3)C2)C1. The van der Waals surface area contributed by atoms with Crippen LogP contribution in [-0.2, 0) is 4.74 Å². The van der Waals surface area contributed by atoms with Gasteiger partial charge in [0, 0.05) is 56.3 Å². The van der Waals surface area contributed by atoms with Gasteiger partial charge in [-0.3, -0.25) is 4.90 Å². The first-order valence-corrected chi connectivity index (χ1v) is 11.5. The summed E-state index contributed by atoms with van der Waals surface area (Å²) in [7, 11) is 0. The Morgan fingerprint density at radius 1 is 1.18 bits per heavy atom. The monoisotopic (exact) mass is 458 g/mol. The van der Waals surface area contributed by atoms with Gasteiger partial charge in [0.25, 0.3) is 0 Å².